The van der Waals surface area contributed by atoms with Crippen molar-refractivity contribution in [1.29, 1.82) is 0 Å². The molecule has 0 unspecified atom stereocenters. The maximum Gasteiger partial charge on any atom is 3.00 e. The fourth-order valence-corrected chi connectivity index (χ4v) is 0. The molecule has 4 radical (unpaired) electrons. The summed E-state index contributed by atoms with van der Waals surface area (Å²) < 4.78 is 0. The Hall–Kier alpha value is 1.88. The summed E-state index contributed by atoms with van der Waals surface area (Å²) in [4.78, 5) is 0. The Morgan fingerprint density at radius 1 is 0.333 bits per heavy atom. The maximum atomic E-state index is 0. The van der Waals surface area contributed by atoms with Gasteiger partial charge in [-0.15, -0.1) is 0 Å². The summed E-state index contributed by atoms with van der Waals surface area (Å²) in [5, 5.41) is 0. The second-order valence-corrected chi connectivity index (χ2v) is 0. The van der Waals surface area contributed by atoms with Crippen LogP contribution in [0.5, 0.6) is 0 Å². The Kier molecular flexibility index (Phi) is 7380. The van der Waals surface area contributed by atoms with Crippen LogP contribution in [0, 0.1) is 0 Å². The smallest absolute Gasteiger partial charge is 2.00 e. The predicted molar refractivity (Wildman–Crippen MR) is 3.43 cm³/mol. The van der Waals surface area contributed by atoms with Gasteiger partial charge in [-0.2, -0.15) is 0 Å². The van der Waals surface area contributed by atoms with Gasteiger partial charge in [0.25, 0.3) is 0 Å². The molecule has 0 bridgehead atoms. The van der Waals surface area contributed by atoms with E-state index in [1.54, 1.807) is 0 Å². The number of rotatable bonds is 0. The monoisotopic (exact) mass is 302 g/mol. The van der Waals surface area contributed by atoms with Gasteiger partial charge in [-0.3, -0.25) is 0 Å². The second kappa shape index (κ2) is 221. The van der Waals surface area contributed by atoms with Crippen molar-refractivity contribution in [3.63, 3.8) is 0 Å². The Morgan fingerprint density at radius 3 is 0.333 bits per heavy atom. The zero-order valence-corrected chi connectivity index (χ0v) is 8.07. The molecule has 0 aromatic heterocycles. The average Bonchev–Trinajstić information content (AvgIpc) is 0. The van der Waals surface area contributed by atoms with Gasteiger partial charge in [-0.1, -0.05) is 0 Å². The van der Waals surface area contributed by atoms with Crippen molar-refractivity contribution in [3.05, 3.63) is 0 Å². The second-order valence-electron chi connectivity index (χ2n) is 0. The van der Waals surface area contributed by atoms with E-state index < -0.39 is 0 Å². The van der Waals surface area contributed by atoms with E-state index >= 15 is 0 Å². The molecule has 0 saturated carbocycles. The van der Waals surface area contributed by atoms with Gasteiger partial charge < -0.3 is 27.4 Å². The van der Waals surface area contributed by atoms with Gasteiger partial charge in [-0.25, -0.2) is 0 Å². The Balaban J connectivity index is 0. The quantitative estimate of drug-likeness (QED) is 0.526. The van der Waals surface area contributed by atoms with Crippen LogP contribution in [0.25, 0.3) is 0 Å². The van der Waals surface area contributed by atoms with Gasteiger partial charge in [0, 0.05) is 0 Å². The number of hydrogen-bond acceptors (Lipinski definition) is 0. The van der Waals surface area contributed by atoms with E-state index in [9.17, 15) is 0 Å². The van der Waals surface area contributed by atoms with E-state index in [0.717, 1.165) is 0 Å². The molecular weight excluding hydrogens is 302 g/mol. The molecule has 0 aliphatic rings. The molecule has 0 amide bonds. The van der Waals surface area contributed by atoms with Crippen molar-refractivity contribution < 1.29 is 95.7 Å². The third-order valence-corrected chi connectivity index (χ3v) is 0. The molecule has 0 fully saturated rings. The van der Waals surface area contributed by atoms with E-state index in [-0.39, 0.29) is 95.7 Å². The molecule has 0 atom stereocenters. The van der Waals surface area contributed by atoms with Crippen molar-refractivity contribution >= 4 is 0 Å². The Bertz CT molecular complexity index is 12.9. The minimum atomic E-state index is 0. The molecule has 0 aliphatic carbocycles. The van der Waals surface area contributed by atoms with Crippen LogP contribution in [0.15, 0.2) is 0 Å². The Labute approximate surface area is 95.2 Å². The zero-order valence-electron chi connectivity index (χ0n) is 3.50. The molecule has 9 heteroatoms. The van der Waals surface area contributed by atoms with E-state index in [1.807, 2.05) is 0 Å². The molecule has 0 aromatic rings. The van der Waals surface area contributed by atoms with E-state index in [1.165, 1.54) is 0 Å². The summed E-state index contributed by atoms with van der Waals surface area (Å²) in [6, 6.07) is 0. The van der Waals surface area contributed by atoms with E-state index in [2.05, 4.69) is 0 Å². The van der Waals surface area contributed by atoms with Crippen LogP contribution in [0.1, 0.15) is 0 Å². The minimum absolute atomic E-state index is 0. The van der Waals surface area contributed by atoms with Crippen LogP contribution in [0.3, 0.4) is 0 Å². The summed E-state index contributed by atoms with van der Waals surface area (Å²) in [6.07, 6.45) is 0. The van der Waals surface area contributed by atoms with Gasteiger partial charge in [0.2, 0.25) is 0 Å². The van der Waals surface area contributed by atoms with E-state index in [4.69, 9.17) is 0 Å². The normalized spacial score (nSPS) is 0. The van der Waals surface area contributed by atoms with Crippen molar-refractivity contribution in [2.75, 3.05) is 0 Å². The first-order valence-corrected chi connectivity index (χ1v) is 0. The fraction of sp³-hybridized carbons (Fsp3) is 0. The van der Waals surface area contributed by atoms with Crippen LogP contribution in [-0.4, -0.2) is 0 Å². The Morgan fingerprint density at radius 2 is 0.333 bits per heavy atom. The molecule has 0 N–H and O–H groups in total. The van der Waals surface area contributed by atoms with Gasteiger partial charge in [0.1, 0.15) is 0 Å². The molecule has 0 aliphatic heterocycles. The van der Waals surface area contributed by atoms with Crippen molar-refractivity contribution in [1.82, 2.24) is 0 Å². The van der Waals surface area contributed by atoms with Crippen LogP contribution >= 0.6 is 0 Å². The first kappa shape index (κ1) is 301. The minimum Gasteiger partial charge on any atom is -2.00 e. The van der Waals surface area contributed by atoms with E-state index in [0.29, 0.717) is 0 Å². The topological polar surface area (TPSA) is 142 Å². The SMILES string of the molecule is [Fe+3].[Fe+3].[Mn+2].[Mn+2].[O-2].[O-2].[O-2].[O-2].[O-2]. The molecule has 0 heterocycles. The molecule has 60 valence electrons. The van der Waals surface area contributed by atoms with Crippen molar-refractivity contribution in [3.8, 4) is 0 Å². The number of hydrogen-bond donors (Lipinski definition) is 0. The van der Waals surface area contributed by atoms with Gasteiger partial charge in [0.05, 0.1) is 0 Å². The summed E-state index contributed by atoms with van der Waals surface area (Å²) in [6.45, 7) is 0. The third-order valence-electron chi connectivity index (χ3n) is 0. The summed E-state index contributed by atoms with van der Waals surface area (Å²) in [5.74, 6) is 0. The maximum absolute atomic E-state index is 0. The first-order chi connectivity index (χ1) is 0. The van der Waals surface area contributed by atoms with Gasteiger partial charge in [-0.05, 0) is 0 Å². The first-order valence-electron chi connectivity index (χ1n) is 0. The van der Waals surface area contributed by atoms with Crippen LogP contribution in [0.4, 0.5) is 0 Å². The molecule has 9 heavy (non-hydrogen) atoms. The third kappa shape index (κ3) is 174. The molecule has 5 nitrogen and oxygen atoms in total. The molecule has 0 rings (SSSR count). The van der Waals surface area contributed by atoms with Crippen LogP contribution in [-0.2, 0) is 95.7 Å². The molecule has 0 saturated heterocycles. The molecule has 0 aromatic carbocycles. The molecule has 0 spiro atoms. The standard InChI is InChI=1S/2Fe.2Mn.5O/q2*+3;2*+2;5*-2. The zero-order chi connectivity index (χ0) is 0. The van der Waals surface area contributed by atoms with Crippen molar-refractivity contribution in [2.24, 2.45) is 0 Å². The summed E-state index contributed by atoms with van der Waals surface area (Å²) >= 11 is 0. The molecular formula is Fe2Mn2O5. The predicted octanol–water partition coefficient (Wildman–Crippen LogP) is -0.604. The largest absolute Gasteiger partial charge is 3.00 e. The van der Waals surface area contributed by atoms with Gasteiger partial charge in [0.15, 0.2) is 0 Å². The fourth-order valence-electron chi connectivity index (χ4n) is 0. The summed E-state index contributed by atoms with van der Waals surface area (Å²) in [7, 11) is 0. The van der Waals surface area contributed by atoms with Crippen LogP contribution < -0.4 is 0 Å². The van der Waals surface area contributed by atoms with Crippen LogP contribution in [0.2, 0.25) is 0 Å². The summed E-state index contributed by atoms with van der Waals surface area (Å²) in [5.41, 5.74) is 0. The van der Waals surface area contributed by atoms with Crippen molar-refractivity contribution in [2.45, 2.75) is 0 Å². The van der Waals surface area contributed by atoms with Gasteiger partial charge >= 0.3 is 68.3 Å². The average molecular weight is 302 g/mol.